The van der Waals surface area contributed by atoms with Crippen LogP contribution in [-0.2, 0) is 6.54 Å². The Hall–Kier alpha value is -0.650. The van der Waals surface area contributed by atoms with Crippen LogP contribution in [0.1, 0.15) is 30.3 Å². The fourth-order valence-corrected chi connectivity index (χ4v) is 3.61. The molecule has 5 heteroatoms. The number of hydrogen-bond acceptors (Lipinski definition) is 5. The van der Waals surface area contributed by atoms with E-state index in [0.717, 1.165) is 36.9 Å². The van der Waals surface area contributed by atoms with E-state index in [0.29, 0.717) is 5.92 Å². The number of aliphatic hydroxyl groups excluding tert-OH is 1. The maximum Gasteiger partial charge on any atom is 0.185 e. The lowest BCUT2D eigenvalue weighted by molar-refractivity contribution is 0.0602. The highest BCUT2D eigenvalue weighted by Crippen LogP contribution is 2.28. The summed E-state index contributed by atoms with van der Waals surface area (Å²) in [7, 11) is 4.07. The van der Waals surface area contributed by atoms with Crippen molar-refractivity contribution < 1.29 is 5.11 Å². The van der Waals surface area contributed by atoms with Crippen molar-refractivity contribution in [3.05, 3.63) is 10.6 Å². The Morgan fingerprint density at radius 3 is 2.84 bits per heavy atom. The van der Waals surface area contributed by atoms with Crippen LogP contribution in [-0.4, -0.2) is 48.3 Å². The molecule has 1 aliphatic heterocycles. The normalized spacial score (nSPS) is 22.5. The molecule has 19 heavy (non-hydrogen) atoms. The third kappa shape index (κ3) is 3.68. The lowest BCUT2D eigenvalue weighted by atomic mass is 9.93. The molecule has 1 aromatic heterocycles. The molecule has 1 fully saturated rings. The van der Waals surface area contributed by atoms with E-state index >= 15 is 0 Å². The van der Waals surface area contributed by atoms with Crippen molar-refractivity contribution in [2.75, 3.05) is 32.1 Å². The van der Waals surface area contributed by atoms with Gasteiger partial charge < -0.3 is 10.0 Å². The summed E-state index contributed by atoms with van der Waals surface area (Å²) in [5.41, 5.74) is 1.15. The van der Waals surface area contributed by atoms with Crippen LogP contribution < -0.4 is 4.90 Å². The smallest absolute Gasteiger partial charge is 0.185 e. The second-order valence-corrected chi connectivity index (χ2v) is 6.84. The van der Waals surface area contributed by atoms with E-state index < -0.39 is 0 Å². The zero-order valence-corrected chi connectivity index (χ0v) is 13.2. The average Bonchev–Trinajstić information content (AvgIpc) is 2.71. The third-order valence-electron chi connectivity index (χ3n) is 3.86. The Kier molecular flexibility index (Phi) is 4.81. The van der Waals surface area contributed by atoms with Gasteiger partial charge in [0.25, 0.3) is 0 Å². The average molecular weight is 283 g/mol. The van der Waals surface area contributed by atoms with Gasteiger partial charge in [-0.15, -0.1) is 11.3 Å². The Morgan fingerprint density at radius 2 is 2.26 bits per heavy atom. The van der Waals surface area contributed by atoms with Crippen molar-refractivity contribution in [2.24, 2.45) is 5.92 Å². The Morgan fingerprint density at radius 1 is 1.53 bits per heavy atom. The molecule has 0 radical (unpaired) electrons. The van der Waals surface area contributed by atoms with Gasteiger partial charge in [0.2, 0.25) is 0 Å². The summed E-state index contributed by atoms with van der Waals surface area (Å²) in [6.07, 6.45) is 2.15. The van der Waals surface area contributed by atoms with E-state index in [-0.39, 0.29) is 6.10 Å². The monoisotopic (exact) mass is 283 g/mol. The molecular weight excluding hydrogens is 258 g/mol. The molecule has 1 aromatic rings. The van der Waals surface area contributed by atoms with Crippen LogP contribution in [0.3, 0.4) is 0 Å². The number of anilines is 1. The molecule has 0 spiro atoms. The molecule has 1 N–H and O–H groups in total. The number of aliphatic hydroxyl groups is 1. The molecule has 2 heterocycles. The van der Waals surface area contributed by atoms with Crippen molar-refractivity contribution in [1.29, 1.82) is 0 Å². The van der Waals surface area contributed by atoms with Crippen LogP contribution in [0.2, 0.25) is 0 Å². The van der Waals surface area contributed by atoms with E-state index in [1.54, 1.807) is 11.3 Å². The van der Waals surface area contributed by atoms with E-state index in [1.807, 2.05) is 21.0 Å². The van der Waals surface area contributed by atoms with Crippen LogP contribution in [0, 0.1) is 12.8 Å². The largest absolute Gasteiger partial charge is 0.393 e. The molecule has 1 saturated heterocycles. The summed E-state index contributed by atoms with van der Waals surface area (Å²) in [5.74, 6) is 0.426. The van der Waals surface area contributed by atoms with Crippen LogP contribution in [0.15, 0.2) is 0 Å². The number of thiazole rings is 1. The van der Waals surface area contributed by atoms with Gasteiger partial charge >= 0.3 is 0 Å². The topological polar surface area (TPSA) is 39.6 Å². The van der Waals surface area contributed by atoms with Crippen molar-refractivity contribution >= 4 is 16.5 Å². The fraction of sp³-hybridized carbons (Fsp3) is 0.786. The lowest BCUT2D eigenvalue weighted by Crippen LogP contribution is -2.38. The van der Waals surface area contributed by atoms with Crippen LogP contribution in [0.4, 0.5) is 5.13 Å². The standard InChI is InChI=1S/C14H25N3OS/c1-10-13(19-14(15-10)16(3)4)9-17-7-5-6-12(8-17)11(2)18/h11-12,18H,5-9H2,1-4H3/t11-,12-/m1/s1. The second-order valence-electron chi connectivity index (χ2n) is 5.78. The summed E-state index contributed by atoms with van der Waals surface area (Å²) in [4.78, 5) is 10.5. The molecule has 1 aliphatic rings. The van der Waals surface area contributed by atoms with Gasteiger partial charge in [-0.2, -0.15) is 0 Å². The highest BCUT2D eigenvalue weighted by Gasteiger charge is 2.24. The molecule has 4 nitrogen and oxygen atoms in total. The van der Waals surface area contributed by atoms with Gasteiger partial charge in [0.05, 0.1) is 11.8 Å². The Labute approximate surface area is 120 Å². The Bertz CT molecular complexity index is 417. The van der Waals surface area contributed by atoms with Crippen molar-refractivity contribution in [2.45, 2.75) is 39.3 Å². The first-order chi connectivity index (χ1) is 8.97. The number of hydrogen-bond donors (Lipinski definition) is 1. The van der Waals surface area contributed by atoms with Crippen molar-refractivity contribution in [3.63, 3.8) is 0 Å². The van der Waals surface area contributed by atoms with Gasteiger partial charge in [-0.25, -0.2) is 4.98 Å². The van der Waals surface area contributed by atoms with Gasteiger partial charge in [0, 0.05) is 32.1 Å². The summed E-state index contributed by atoms with van der Waals surface area (Å²) in [5, 5.41) is 10.8. The maximum absolute atomic E-state index is 9.75. The molecule has 0 aromatic carbocycles. The van der Waals surface area contributed by atoms with Crippen LogP contribution in [0.5, 0.6) is 0 Å². The van der Waals surface area contributed by atoms with Gasteiger partial charge in [0.15, 0.2) is 5.13 Å². The summed E-state index contributed by atoms with van der Waals surface area (Å²) >= 11 is 1.78. The SMILES string of the molecule is Cc1nc(N(C)C)sc1CN1CCC[C@@H]([C@@H](C)O)C1. The summed E-state index contributed by atoms with van der Waals surface area (Å²) in [6.45, 7) is 7.12. The number of rotatable bonds is 4. The molecule has 0 aliphatic carbocycles. The highest BCUT2D eigenvalue weighted by atomic mass is 32.1. The van der Waals surface area contributed by atoms with Gasteiger partial charge in [0.1, 0.15) is 0 Å². The molecule has 108 valence electrons. The lowest BCUT2D eigenvalue weighted by Gasteiger charge is -2.33. The predicted molar refractivity (Wildman–Crippen MR) is 80.9 cm³/mol. The first-order valence-electron chi connectivity index (χ1n) is 7.01. The van der Waals surface area contributed by atoms with Gasteiger partial charge in [-0.3, -0.25) is 4.90 Å². The number of piperidine rings is 1. The van der Waals surface area contributed by atoms with Crippen molar-refractivity contribution in [1.82, 2.24) is 9.88 Å². The molecule has 2 atom stereocenters. The summed E-state index contributed by atoms with van der Waals surface area (Å²) < 4.78 is 0. The minimum atomic E-state index is -0.192. The second kappa shape index (κ2) is 6.20. The molecule has 0 bridgehead atoms. The Balaban J connectivity index is 2.00. The quantitative estimate of drug-likeness (QED) is 0.919. The van der Waals surface area contributed by atoms with E-state index in [9.17, 15) is 5.11 Å². The van der Waals surface area contributed by atoms with Crippen LogP contribution >= 0.6 is 11.3 Å². The number of aryl methyl sites for hydroxylation is 1. The van der Waals surface area contributed by atoms with Gasteiger partial charge in [-0.05, 0) is 39.2 Å². The third-order valence-corrected chi connectivity index (χ3v) is 5.17. The van der Waals surface area contributed by atoms with E-state index in [1.165, 1.54) is 11.3 Å². The van der Waals surface area contributed by atoms with E-state index in [4.69, 9.17) is 0 Å². The maximum atomic E-state index is 9.75. The summed E-state index contributed by atoms with van der Waals surface area (Å²) in [6, 6.07) is 0. The fourth-order valence-electron chi connectivity index (χ4n) is 2.58. The zero-order valence-electron chi connectivity index (χ0n) is 12.4. The minimum absolute atomic E-state index is 0.192. The first-order valence-corrected chi connectivity index (χ1v) is 7.83. The molecular formula is C14H25N3OS. The minimum Gasteiger partial charge on any atom is -0.393 e. The number of nitrogens with zero attached hydrogens (tertiary/aromatic N) is 3. The number of aromatic nitrogens is 1. The predicted octanol–water partition coefficient (Wildman–Crippen LogP) is 2.11. The first kappa shape index (κ1) is 14.8. The number of likely N-dealkylation sites (tertiary alicyclic amines) is 1. The van der Waals surface area contributed by atoms with E-state index in [2.05, 4.69) is 21.7 Å². The van der Waals surface area contributed by atoms with Crippen molar-refractivity contribution in [3.8, 4) is 0 Å². The highest BCUT2D eigenvalue weighted by molar-refractivity contribution is 7.15. The molecule has 2 rings (SSSR count). The molecule has 0 amide bonds. The zero-order chi connectivity index (χ0) is 14.0. The molecule has 0 unspecified atom stereocenters. The molecule has 0 saturated carbocycles. The van der Waals surface area contributed by atoms with Gasteiger partial charge in [-0.1, -0.05) is 0 Å². The van der Waals surface area contributed by atoms with Crippen LogP contribution in [0.25, 0.3) is 0 Å².